The highest BCUT2D eigenvalue weighted by Crippen LogP contribution is 2.49. The highest BCUT2D eigenvalue weighted by atomic mass is 79.9. The molecule has 0 saturated carbocycles. The van der Waals surface area contributed by atoms with Crippen LogP contribution in [0.15, 0.2) is 49.6 Å². The predicted molar refractivity (Wildman–Crippen MR) is 120 cm³/mol. The number of thiazole rings is 1. The third kappa shape index (κ3) is 3.46. The lowest BCUT2D eigenvalue weighted by Gasteiger charge is -2.54. The molecule has 12 heteroatoms. The molecule has 3 heterocycles. The van der Waals surface area contributed by atoms with Crippen molar-refractivity contribution in [1.82, 2.24) is 9.88 Å². The average molecular weight is 527 g/mol. The fourth-order valence-corrected chi connectivity index (χ4v) is 6.94. The van der Waals surface area contributed by atoms with Crippen LogP contribution >= 0.6 is 50.8 Å². The van der Waals surface area contributed by atoms with Crippen molar-refractivity contribution in [3.05, 3.63) is 50.4 Å². The Morgan fingerprint density at radius 3 is 2.77 bits per heavy atom. The van der Waals surface area contributed by atoms with Crippen LogP contribution in [0.5, 0.6) is 0 Å². The number of aliphatic carboxylic acids is 1. The van der Waals surface area contributed by atoms with Gasteiger partial charge < -0.3 is 16.6 Å². The Balaban J connectivity index is 1.62. The van der Waals surface area contributed by atoms with Gasteiger partial charge in [0.15, 0.2) is 16.5 Å². The number of fused-ring (bicyclic) bond motifs is 1. The number of nitrogens with two attached hydrogens (primary N) is 2. The molecule has 2 aliphatic rings. The number of halogens is 1. The van der Waals surface area contributed by atoms with Gasteiger partial charge in [-0.2, -0.15) is 0 Å². The molecule has 2 aliphatic heterocycles. The minimum atomic E-state index is -1.78. The molecule has 1 saturated heterocycles. The van der Waals surface area contributed by atoms with E-state index in [1.165, 1.54) is 34.9 Å². The molecule has 4 rings (SSSR count). The number of hydrogen-bond donors (Lipinski definition) is 3. The van der Waals surface area contributed by atoms with Gasteiger partial charge in [-0.1, -0.05) is 23.9 Å². The number of thioether (sulfide) groups is 2. The molecule has 2 aromatic rings. The number of β-lactam (4-membered cyclic amide) rings is 1. The van der Waals surface area contributed by atoms with Gasteiger partial charge in [-0.25, -0.2) is 9.78 Å². The molecule has 1 fully saturated rings. The van der Waals surface area contributed by atoms with Gasteiger partial charge in [0.05, 0.1) is 12.1 Å². The molecule has 0 aliphatic carbocycles. The topological polar surface area (TPSA) is 140 Å². The largest absolute Gasteiger partial charge is 0.477 e. The quantitative estimate of drug-likeness (QED) is 0.381. The van der Waals surface area contributed by atoms with Crippen molar-refractivity contribution in [2.75, 3.05) is 11.5 Å². The number of ketones is 1. The van der Waals surface area contributed by atoms with Crippen molar-refractivity contribution in [3.63, 3.8) is 0 Å². The molecule has 156 valence electrons. The van der Waals surface area contributed by atoms with Gasteiger partial charge in [0.25, 0.3) is 5.91 Å². The molecule has 1 aromatic heterocycles. The van der Waals surface area contributed by atoms with Crippen molar-refractivity contribution in [1.29, 1.82) is 0 Å². The summed E-state index contributed by atoms with van der Waals surface area (Å²) in [6.45, 7) is 0. The van der Waals surface area contributed by atoms with Gasteiger partial charge in [0, 0.05) is 25.4 Å². The molecule has 0 spiro atoms. The molecule has 2 atom stereocenters. The number of Topliss-reactive ketones (excluding diaryl/α,β-unsaturated/α-hetero) is 1. The predicted octanol–water partition coefficient (Wildman–Crippen LogP) is 2.30. The van der Waals surface area contributed by atoms with Crippen LogP contribution in [0.1, 0.15) is 5.69 Å². The average Bonchev–Trinajstić information content (AvgIpc) is 3.12. The second kappa shape index (κ2) is 8.00. The third-order valence-corrected chi connectivity index (χ3v) is 9.09. The minimum absolute atomic E-state index is 0.128. The number of carbonyl (C=O) groups excluding carboxylic acids is 2. The molecular formula is C18H15BrN4O4S3. The van der Waals surface area contributed by atoms with Crippen molar-refractivity contribution in [2.24, 2.45) is 5.73 Å². The second-order valence-electron chi connectivity index (χ2n) is 6.59. The maximum atomic E-state index is 12.9. The van der Waals surface area contributed by atoms with Crippen LogP contribution in [-0.4, -0.2) is 49.3 Å². The molecule has 1 unspecified atom stereocenters. The number of aromatic nitrogens is 1. The van der Waals surface area contributed by atoms with E-state index in [0.29, 0.717) is 21.5 Å². The number of carboxylic acid groups (broad SMARTS) is 1. The van der Waals surface area contributed by atoms with Crippen molar-refractivity contribution in [3.8, 4) is 0 Å². The zero-order valence-corrected chi connectivity index (χ0v) is 19.2. The Hall–Kier alpha value is -1.86. The fourth-order valence-electron chi connectivity index (χ4n) is 3.26. The van der Waals surface area contributed by atoms with Crippen LogP contribution in [0.25, 0.3) is 0 Å². The molecular weight excluding hydrogens is 512 g/mol. The van der Waals surface area contributed by atoms with Crippen LogP contribution in [0, 0.1) is 0 Å². The van der Waals surface area contributed by atoms with Gasteiger partial charge in [-0.15, -0.1) is 23.1 Å². The summed E-state index contributed by atoms with van der Waals surface area (Å²) in [6, 6.07) is 7.41. The lowest BCUT2D eigenvalue weighted by Crippen LogP contribution is -2.81. The Morgan fingerprint density at radius 2 is 2.13 bits per heavy atom. The van der Waals surface area contributed by atoms with Crippen LogP contribution in [-0.2, 0) is 20.8 Å². The van der Waals surface area contributed by atoms with E-state index in [-0.39, 0.29) is 12.1 Å². The zero-order valence-electron chi connectivity index (χ0n) is 15.2. The SMILES string of the molecule is Nc1nc(CC(=O)C2(N)C(=O)N3C(C(=O)O)=C(Sc4ccccc4Br)CS[C@H]32)cs1. The van der Waals surface area contributed by atoms with E-state index >= 15 is 0 Å². The highest BCUT2D eigenvalue weighted by molar-refractivity contribution is 9.10. The summed E-state index contributed by atoms with van der Waals surface area (Å²) in [6.07, 6.45) is -0.133. The first kappa shape index (κ1) is 21.4. The summed E-state index contributed by atoms with van der Waals surface area (Å²) < 4.78 is 0.820. The summed E-state index contributed by atoms with van der Waals surface area (Å²) in [5.41, 5.74) is 10.4. The Morgan fingerprint density at radius 1 is 1.40 bits per heavy atom. The standard InChI is InChI=1S/C18H15BrN4O4S3/c19-9-3-1-2-4-10(9)30-11-7-28-16-18(21,15(27)23(16)13(11)14(25)26)12(24)5-8-6-29-17(20)22-8/h1-4,6,16H,5,7,21H2,(H2,20,22)(H,25,26)/t16-,18?/m0/s1. The van der Waals surface area contributed by atoms with Crippen molar-refractivity contribution in [2.45, 2.75) is 22.2 Å². The number of carbonyl (C=O) groups is 3. The van der Waals surface area contributed by atoms with Gasteiger partial charge in [-0.05, 0) is 28.1 Å². The zero-order chi connectivity index (χ0) is 21.6. The summed E-state index contributed by atoms with van der Waals surface area (Å²) in [5.74, 6) is -2.13. The fraction of sp³-hybridized carbons (Fsp3) is 0.222. The minimum Gasteiger partial charge on any atom is -0.477 e. The van der Waals surface area contributed by atoms with Gasteiger partial charge in [0.1, 0.15) is 11.1 Å². The molecule has 0 bridgehead atoms. The lowest BCUT2D eigenvalue weighted by molar-refractivity contribution is -0.159. The van der Waals surface area contributed by atoms with Crippen molar-refractivity contribution < 1.29 is 19.5 Å². The first-order valence-electron chi connectivity index (χ1n) is 8.59. The van der Waals surface area contributed by atoms with E-state index in [2.05, 4.69) is 20.9 Å². The number of carboxylic acids is 1. The van der Waals surface area contributed by atoms with E-state index in [1.807, 2.05) is 24.3 Å². The number of rotatable bonds is 6. The number of hydrogen-bond acceptors (Lipinski definition) is 9. The van der Waals surface area contributed by atoms with Gasteiger partial charge >= 0.3 is 5.97 Å². The van der Waals surface area contributed by atoms with E-state index in [0.717, 1.165) is 14.3 Å². The van der Waals surface area contributed by atoms with Crippen LogP contribution < -0.4 is 11.5 Å². The molecule has 1 amide bonds. The number of nitrogen functional groups attached to an aromatic ring is 1. The lowest BCUT2D eigenvalue weighted by atomic mass is 9.82. The summed E-state index contributed by atoms with van der Waals surface area (Å²) in [4.78, 5) is 44.3. The Kier molecular flexibility index (Phi) is 5.70. The Labute approximate surface area is 192 Å². The van der Waals surface area contributed by atoms with E-state index in [1.54, 1.807) is 5.38 Å². The van der Waals surface area contributed by atoms with E-state index < -0.39 is 28.6 Å². The Bertz CT molecular complexity index is 1100. The highest BCUT2D eigenvalue weighted by Gasteiger charge is 2.66. The third-order valence-electron chi connectivity index (χ3n) is 4.72. The normalized spacial score (nSPS) is 23.2. The molecule has 1 aromatic carbocycles. The summed E-state index contributed by atoms with van der Waals surface area (Å²) in [7, 11) is 0. The van der Waals surface area contributed by atoms with E-state index in [4.69, 9.17) is 11.5 Å². The molecule has 8 nitrogen and oxygen atoms in total. The molecule has 0 radical (unpaired) electrons. The first-order valence-corrected chi connectivity index (χ1v) is 12.1. The number of nitrogens with zero attached hydrogens (tertiary/aromatic N) is 2. The van der Waals surface area contributed by atoms with Gasteiger partial charge in [-0.3, -0.25) is 14.5 Å². The maximum absolute atomic E-state index is 12.9. The first-order chi connectivity index (χ1) is 14.2. The summed E-state index contributed by atoms with van der Waals surface area (Å²) in [5, 5.41) is 11.0. The van der Waals surface area contributed by atoms with Gasteiger partial charge in [0.2, 0.25) is 0 Å². The molecule has 30 heavy (non-hydrogen) atoms. The smallest absolute Gasteiger partial charge is 0.353 e. The maximum Gasteiger partial charge on any atom is 0.353 e. The number of benzene rings is 1. The number of amides is 1. The van der Waals surface area contributed by atoms with Crippen molar-refractivity contribution >= 4 is 73.6 Å². The van der Waals surface area contributed by atoms with Crippen LogP contribution in [0.3, 0.4) is 0 Å². The number of anilines is 1. The van der Waals surface area contributed by atoms with Crippen LogP contribution in [0.4, 0.5) is 5.13 Å². The monoisotopic (exact) mass is 526 g/mol. The molecule has 5 N–H and O–H groups in total. The van der Waals surface area contributed by atoms with E-state index in [9.17, 15) is 19.5 Å². The summed E-state index contributed by atoms with van der Waals surface area (Å²) >= 11 is 7.19. The second-order valence-corrected chi connectivity index (χ2v) is 10.5. The van der Waals surface area contributed by atoms with Crippen LogP contribution in [0.2, 0.25) is 0 Å².